The number of alkyl halides is 3. The maximum Gasteiger partial charge on any atom is 0.416 e. The minimum Gasteiger partial charge on any atom is -0.480 e. The maximum absolute atomic E-state index is 13.1. The number of carbonyl (C=O) groups excluding carboxylic acids is 3. The molecule has 2 fully saturated rings. The van der Waals surface area contributed by atoms with Crippen molar-refractivity contribution in [3.63, 3.8) is 0 Å². The van der Waals surface area contributed by atoms with Gasteiger partial charge in [0.25, 0.3) is 0 Å². The summed E-state index contributed by atoms with van der Waals surface area (Å²) >= 11 is 0. The van der Waals surface area contributed by atoms with Gasteiger partial charge in [-0.25, -0.2) is 4.79 Å². The number of primary amides is 1. The number of aliphatic carboxylic acids is 1. The Morgan fingerprint density at radius 1 is 1.08 bits per heavy atom. The van der Waals surface area contributed by atoms with Crippen LogP contribution in [0, 0.1) is 11.8 Å². The first-order chi connectivity index (χ1) is 17.4. The summed E-state index contributed by atoms with van der Waals surface area (Å²) in [5, 5.41) is 17.7. The lowest BCUT2D eigenvalue weighted by atomic mass is 9.77. The molecule has 4 rings (SSSR count). The molecule has 0 spiro atoms. The number of rotatable bonds is 8. The number of fused-ring (bicyclic) bond motifs is 1. The van der Waals surface area contributed by atoms with Gasteiger partial charge >= 0.3 is 18.2 Å². The van der Waals surface area contributed by atoms with Crippen LogP contribution in [-0.2, 0) is 20.6 Å². The minimum absolute atomic E-state index is 0.0595. The summed E-state index contributed by atoms with van der Waals surface area (Å²) in [5.41, 5.74) is 2.74. The van der Waals surface area contributed by atoms with E-state index in [0.29, 0.717) is 5.56 Å². The van der Waals surface area contributed by atoms with E-state index in [1.54, 1.807) is 12.1 Å². The molecule has 6 N–H and O–H groups in total. The van der Waals surface area contributed by atoms with Crippen LogP contribution in [-0.4, -0.2) is 41.0 Å². The Kier molecular flexibility index (Phi) is 6.82. The van der Waals surface area contributed by atoms with Crippen LogP contribution >= 0.6 is 0 Å². The van der Waals surface area contributed by atoms with Gasteiger partial charge < -0.3 is 20.9 Å². The number of hydrogen-bond donors (Lipinski definition) is 5. The molecule has 2 saturated heterocycles. The zero-order chi connectivity index (χ0) is 27.0. The second-order valence-corrected chi connectivity index (χ2v) is 8.85. The normalized spacial score (nSPS) is 24.9. The summed E-state index contributed by atoms with van der Waals surface area (Å²) in [5.74, 6) is -4.93. The number of amides is 4. The van der Waals surface area contributed by atoms with E-state index in [-0.39, 0.29) is 30.9 Å². The fraction of sp³-hybridized carbons (Fsp3) is 0.333. The number of benzene rings is 2. The van der Waals surface area contributed by atoms with Crippen LogP contribution in [0.2, 0.25) is 0 Å². The average molecular weight is 520 g/mol. The zero-order valence-corrected chi connectivity index (χ0v) is 19.2. The molecule has 13 heteroatoms. The summed E-state index contributed by atoms with van der Waals surface area (Å²) in [6, 6.07) is 8.71. The van der Waals surface area contributed by atoms with Crippen LogP contribution in [0.5, 0.6) is 11.5 Å². The summed E-state index contributed by atoms with van der Waals surface area (Å²) in [4.78, 5) is 48.8. The molecule has 2 aromatic rings. The predicted molar refractivity (Wildman–Crippen MR) is 121 cm³/mol. The number of carboxylic acids is 1. The zero-order valence-electron chi connectivity index (χ0n) is 19.2. The monoisotopic (exact) mass is 520 g/mol. The van der Waals surface area contributed by atoms with Crippen molar-refractivity contribution in [2.45, 2.75) is 30.6 Å². The third-order valence-electron chi connectivity index (χ3n) is 6.54. The second kappa shape index (κ2) is 9.73. The number of hydrogen-bond acceptors (Lipinski definition) is 6. The molecule has 0 aromatic heterocycles. The first-order valence-corrected chi connectivity index (χ1v) is 11.3. The molecule has 37 heavy (non-hydrogen) atoms. The summed E-state index contributed by atoms with van der Waals surface area (Å²) in [7, 11) is 0. The Morgan fingerprint density at radius 3 is 2.41 bits per heavy atom. The molecule has 2 heterocycles. The Hall–Kier alpha value is -4.13. The SMILES string of the molecule is NC(=O)NCCCC1(C(=O)O)NC(c2cccc(Oc3cccc(C(F)(F)F)c3)c2)C2C(=O)NC(=O)C21. The van der Waals surface area contributed by atoms with Crippen molar-refractivity contribution >= 4 is 23.8 Å². The van der Waals surface area contributed by atoms with Gasteiger partial charge in [0.15, 0.2) is 0 Å². The quantitative estimate of drug-likeness (QED) is 0.264. The van der Waals surface area contributed by atoms with Crippen molar-refractivity contribution in [1.82, 2.24) is 16.0 Å². The fourth-order valence-electron chi connectivity index (χ4n) is 4.97. The first kappa shape index (κ1) is 25.9. The smallest absolute Gasteiger partial charge is 0.416 e. The number of ether oxygens (including phenoxy) is 1. The van der Waals surface area contributed by atoms with E-state index < -0.39 is 59.0 Å². The molecule has 0 radical (unpaired) electrons. The molecule has 4 amide bonds. The Bertz CT molecular complexity index is 1250. The van der Waals surface area contributed by atoms with Gasteiger partial charge in [-0.1, -0.05) is 18.2 Å². The summed E-state index contributed by atoms with van der Waals surface area (Å²) in [6.45, 7) is 0.0595. The molecule has 196 valence electrons. The van der Waals surface area contributed by atoms with Gasteiger partial charge in [-0.05, 0) is 48.7 Å². The molecular weight excluding hydrogens is 497 g/mol. The number of urea groups is 1. The van der Waals surface area contributed by atoms with Crippen molar-refractivity contribution in [2.24, 2.45) is 17.6 Å². The van der Waals surface area contributed by atoms with Crippen LogP contribution in [0.15, 0.2) is 48.5 Å². The molecule has 0 aliphatic carbocycles. The third kappa shape index (κ3) is 5.07. The summed E-state index contributed by atoms with van der Waals surface area (Å²) < 4.78 is 44.8. The lowest BCUT2D eigenvalue weighted by Crippen LogP contribution is -2.55. The average Bonchev–Trinajstić information content (AvgIpc) is 3.33. The van der Waals surface area contributed by atoms with Crippen molar-refractivity contribution in [2.75, 3.05) is 6.54 Å². The lowest BCUT2D eigenvalue weighted by molar-refractivity contribution is -0.149. The number of nitrogens with one attached hydrogen (secondary N) is 3. The van der Waals surface area contributed by atoms with E-state index in [0.717, 1.165) is 12.1 Å². The van der Waals surface area contributed by atoms with Crippen LogP contribution in [0.4, 0.5) is 18.0 Å². The highest BCUT2D eigenvalue weighted by atomic mass is 19.4. The van der Waals surface area contributed by atoms with E-state index in [9.17, 15) is 37.5 Å². The van der Waals surface area contributed by atoms with Crippen molar-refractivity contribution in [3.05, 3.63) is 59.7 Å². The van der Waals surface area contributed by atoms with E-state index in [1.165, 1.54) is 24.3 Å². The molecule has 0 bridgehead atoms. The molecule has 4 atom stereocenters. The Labute approximate surface area is 208 Å². The molecule has 10 nitrogen and oxygen atoms in total. The fourth-order valence-corrected chi connectivity index (χ4v) is 4.97. The van der Waals surface area contributed by atoms with Crippen LogP contribution < -0.4 is 26.4 Å². The van der Waals surface area contributed by atoms with Crippen LogP contribution in [0.25, 0.3) is 0 Å². The van der Waals surface area contributed by atoms with Gasteiger partial charge in [0.1, 0.15) is 17.0 Å². The van der Waals surface area contributed by atoms with Crippen LogP contribution in [0.1, 0.15) is 30.0 Å². The molecule has 0 saturated carbocycles. The standard InChI is InChI=1S/C24H23F3N4O6/c25-24(26,27)13-5-2-7-15(11-13)37-14-6-1-4-12(10-14)18-16-17(20(33)30-19(16)32)23(31-18,21(34)35)8-3-9-29-22(28)36/h1-2,4-7,10-11,16-18,31H,3,8-9H2,(H,34,35)(H3,28,29,36)(H,30,32,33). The van der Waals surface area contributed by atoms with Gasteiger partial charge in [0, 0.05) is 12.6 Å². The number of carboxylic acid groups (broad SMARTS) is 1. The van der Waals surface area contributed by atoms with Gasteiger partial charge in [0.05, 0.1) is 17.4 Å². The van der Waals surface area contributed by atoms with E-state index in [2.05, 4.69) is 16.0 Å². The highest BCUT2D eigenvalue weighted by Crippen LogP contribution is 2.48. The predicted octanol–water partition coefficient (Wildman–Crippen LogP) is 2.30. The van der Waals surface area contributed by atoms with Gasteiger partial charge in [-0.3, -0.25) is 25.0 Å². The third-order valence-corrected chi connectivity index (χ3v) is 6.54. The molecule has 2 aliphatic rings. The molecular formula is C24H23F3N4O6. The second-order valence-electron chi connectivity index (χ2n) is 8.85. The number of imide groups is 1. The summed E-state index contributed by atoms with van der Waals surface area (Å²) in [6.07, 6.45) is -4.50. The number of nitrogens with two attached hydrogens (primary N) is 1. The van der Waals surface area contributed by atoms with Crippen LogP contribution in [0.3, 0.4) is 0 Å². The van der Waals surface area contributed by atoms with E-state index >= 15 is 0 Å². The molecule has 2 aliphatic heterocycles. The Morgan fingerprint density at radius 2 is 1.76 bits per heavy atom. The highest BCUT2D eigenvalue weighted by Gasteiger charge is 2.66. The van der Waals surface area contributed by atoms with Crippen molar-refractivity contribution in [3.8, 4) is 11.5 Å². The molecule has 4 unspecified atom stereocenters. The first-order valence-electron chi connectivity index (χ1n) is 11.3. The molecule has 2 aromatic carbocycles. The van der Waals surface area contributed by atoms with Crippen molar-refractivity contribution < 1.29 is 42.2 Å². The lowest BCUT2D eigenvalue weighted by Gasteiger charge is -2.30. The van der Waals surface area contributed by atoms with Gasteiger partial charge in [-0.2, -0.15) is 13.2 Å². The van der Waals surface area contributed by atoms with Gasteiger partial charge in [0.2, 0.25) is 11.8 Å². The number of carbonyl (C=O) groups is 4. The highest BCUT2D eigenvalue weighted by molar-refractivity contribution is 6.09. The Balaban J connectivity index is 1.63. The van der Waals surface area contributed by atoms with E-state index in [1.807, 2.05) is 0 Å². The van der Waals surface area contributed by atoms with E-state index in [4.69, 9.17) is 10.5 Å². The number of halogens is 3. The topological polar surface area (TPSA) is 160 Å². The maximum atomic E-state index is 13.1. The van der Waals surface area contributed by atoms with Gasteiger partial charge in [-0.15, -0.1) is 0 Å². The largest absolute Gasteiger partial charge is 0.480 e. The van der Waals surface area contributed by atoms with Crippen molar-refractivity contribution in [1.29, 1.82) is 0 Å². The minimum atomic E-state index is -4.56.